The van der Waals surface area contributed by atoms with Crippen LogP contribution in [0.2, 0.25) is 0 Å². The molecule has 1 aliphatic rings. The monoisotopic (exact) mass is 272 g/mol. The minimum atomic E-state index is -0.0122. The molecule has 0 saturated carbocycles. The van der Waals surface area contributed by atoms with Crippen LogP contribution in [0.5, 0.6) is 11.5 Å². The zero-order valence-corrected chi connectivity index (χ0v) is 11.3. The fraction of sp³-hybridized carbons (Fsp3) is 0.267. The van der Waals surface area contributed by atoms with Crippen LogP contribution >= 0.6 is 0 Å². The van der Waals surface area contributed by atoms with Crippen molar-refractivity contribution in [2.75, 3.05) is 13.3 Å². The van der Waals surface area contributed by atoms with Crippen molar-refractivity contribution in [3.63, 3.8) is 0 Å². The highest BCUT2D eigenvalue weighted by Gasteiger charge is 2.14. The van der Waals surface area contributed by atoms with Gasteiger partial charge in [0.05, 0.1) is 0 Å². The lowest BCUT2D eigenvalue weighted by Gasteiger charge is -2.10. The molecule has 0 atom stereocenters. The van der Waals surface area contributed by atoms with Gasteiger partial charge in [-0.15, -0.1) is 0 Å². The third-order valence-corrected chi connectivity index (χ3v) is 3.22. The molecule has 1 aromatic carbocycles. The Labute approximate surface area is 117 Å². The van der Waals surface area contributed by atoms with Crippen molar-refractivity contribution in [1.82, 2.24) is 9.88 Å². The van der Waals surface area contributed by atoms with E-state index in [-0.39, 0.29) is 12.7 Å². The molecular weight excluding hydrogens is 256 g/mol. The summed E-state index contributed by atoms with van der Waals surface area (Å²) in [7, 11) is 0. The molecule has 0 fully saturated rings. The van der Waals surface area contributed by atoms with Crippen molar-refractivity contribution in [2.45, 2.75) is 13.5 Å². The molecule has 1 N–H and O–H groups in total. The first kappa shape index (κ1) is 12.6. The van der Waals surface area contributed by atoms with Gasteiger partial charge in [-0.2, -0.15) is 0 Å². The number of carbonyl (C=O) groups excluding carboxylic acids is 1. The Morgan fingerprint density at radius 1 is 1.30 bits per heavy atom. The topological polar surface area (TPSA) is 52.5 Å². The van der Waals surface area contributed by atoms with Crippen LogP contribution in [0.25, 0.3) is 11.3 Å². The summed E-state index contributed by atoms with van der Waals surface area (Å²) in [6, 6.07) is 9.95. The molecule has 0 radical (unpaired) electrons. The van der Waals surface area contributed by atoms with Gasteiger partial charge in [0.15, 0.2) is 11.5 Å². The number of carbonyl (C=O) groups is 1. The third-order valence-electron chi connectivity index (χ3n) is 3.22. The van der Waals surface area contributed by atoms with Gasteiger partial charge in [0, 0.05) is 37.5 Å². The van der Waals surface area contributed by atoms with Gasteiger partial charge in [0.2, 0.25) is 12.7 Å². The van der Waals surface area contributed by atoms with Crippen LogP contribution in [0, 0.1) is 0 Å². The number of benzene rings is 1. The van der Waals surface area contributed by atoms with Gasteiger partial charge in [0.1, 0.15) is 0 Å². The zero-order chi connectivity index (χ0) is 13.9. The van der Waals surface area contributed by atoms with E-state index in [1.807, 2.05) is 36.5 Å². The summed E-state index contributed by atoms with van der Waals surface area (Å²) >= 11 is 0. The van der Waals surface area contributed by atoms with Crippen LogP contribution in [0.4, 0.5) is 0 Å². The quantitative estimate of drug-likeness (QED) is 0.926. The second-order valence-corrected chi connectivity index (χ2v) is 4.64. The van der Waals surface area contributed by atoms with Gasteiger partial charge in [-0.25, -0.2) is 0 Å². The van der Waals surface area contributed by atoms with Crippen molar-refractivity contribution in [1.29, 1.82) is 0 Å². The Balaban J connectivity index is 1.80. The van der Waals surface area contributed by atoms with E-state index in [0.717, 1.165) is 29.3 Å². The number of ether oxygens (including phenoxy) is 2. The summed E-state index contributed by atoms with van der Waals surface area (Å²) in [5.74, 6) is 1.55. The van der Waals surface area contributed by atoms with Gasteiger partial charge < -0.3 is 19.4 Å². The molecule has 0 aliphatic carbocycles. The number of hydrogen-bond acceptors (Lipinski definition) is 3. The number of rotatable bonds is 4. The van der Waals surface area contributed by atoms with Crippen molar-refractivity contribution in [2.24, 2.45) is 0 Å². The molecule has 0 bridgehead atoms. The molecule has 5 heteroatoms. The second kappa shape index (κ2) is 5.28. The van der Waals surface area contributed by atoms with E-state index in [1.165, 1.54) is 6.92 Å². The van der Waals surface area contributed by atoms with E-state index in [9.17, 15) is 4.79 Å². The first-order valence-electron chi connectivity index (χ1n) is 6.53. The number of hydrogen-bond donors (Lipinski definition) is 1. The van der Waals surface area contributed by atoms with Crippen LogP contribution < -0.4 is 14.8 Å². The van der Waals surface area contributed by atoms with E-state index in [1.54, 1.807) is 0 Å². The highest BCUT2D eigenvalue weighted by molar-refractivity contribution is 5.72. The minimum absolute atomic E-state index is 0.0122. The summed E-state index contributed by atoms with van der Waals surface area (Å²) in [6.45, 7) is 3.15. The summed E-state index contributed by atoms with van der Waals surface area (Å²) in [6.07, 6.45) is 2.00. The van der Waals surface area contributed by atoms with Gasteiger partial charge in [-0.1, -0.05) is 0 Å². The van der Waals surface area contributed by atoms with E-state index in [4.69, 9.17) is 9.47 Å². The van der Waals surface area contributed by atoms with E-state index in [2.05, 4.69) is 9.88 Å². The fourth-order valence-electron chi connectivity index (χ4n) is 2.28. The molecule has 0 unspecified atom stereocenters. The number of nitrogens with zero attached hydrogens (tertiary/aromatic N) is 1. The number of aromatic nitrogens is 1. The third kappa shape index (κ3) is 2.47. The van der Waals surface area contributed by atoms with Crippen LogP contribution in [-0.2, 0) is 11.3 Å². The average molecular weight is 272 g/mol. The molecule has 0 saturated heterocycles. The number of nitrogens with one attached hydrogen (secondary N) is 1. The van der Waals surface area contributed by atoms with E-state index < -0.39 is 0 Å². The Hall–Kier alpha value is -2.43. The van der Waals surface area contributed by atoms with Gasteiger partial charge in [-0.3, -0.25) is 4.79 Å². The molecular formula is C15H16N2O3. The minimum Gasteiger partial charge on any atom is -0.454 e. The maximum atomic E-state index is 10.9. The van der Waals surface area contributed by atoms with Crippen LogP contribution in [-0.4, -0.2) is 23.8 Å². The first-order valence-corrected chi connectivity index (χ1v) is 6.53. The van der Waals surface area contributed by atoms with Crippen molar-refractivity contribution in [3.8, 4) is 22.8 Å². The zero-order valence-electron chi connectivity index (χ0n) is 11.3. The summed E-state index contributed by atoms with van der Waals surface area (Å²) in [4.78, 5) is 10.9. The predicted molar refractivity (Wildman–Crippen MR) is 74.7 cm³/mol. The van der Waals surface area contributed by atoms with Crippen molar-refractivity contribution >= 4 is 5.91 Å². The summed E-state index contributed by atoms with van der Waals surface area (Å²) in [5.41, 5.74) is 2.16. The molecule has 1 amide bonds. The van der Waals surface area contributed by atoms with Crippen LogP contribution in [0.1, 0.15) is 6.92 Å². The highest BCUT2D eigenvalue weighted by Crippen LogP contribution is 2.35. The molecule has 1 aromatic heterocycles. The Morgan fingerprint density at radius 3 is 3.00 bits per heavy atom. The average Bonchev–Trinajstić information content (AvgIpc) is 3.05. The summed E-state index contributed by atoms with van der Waals surface area (Å²) < 4.78 is 12.8. The van der Waals surface area contributed by atoms with Crippen LogP contribution in [0.15, 0.2) is 36.5 Å². The fourth-order valence-corrected chi connectivity index (χ4v) is 2.28. The lowest BCUT2D eigenvalue weighted by atomic mass is 10.1. The maximum Gasteiger partial charge on any atom is 0.231 e. The van der Waals surface area contributed by atoms with E-state index in [0.29, 0.717) is 6.54 Å². The predicted octanol–water partition coefficient (Wildman–Crippen LogP) is 2.02. The molecule has 2 heterocycles. The second-order valence-electron chi connectivity index (χ2n) is 4.64. The van der Waals surface area contributed by atoms with Crippen LogP contribution in [0.3, 0.4) is 0 Å². The molecule has 0 spiro atoms. The highest BCUT2D eigenvalue weighted by atomic mass is 16.7. The standard InChI is InChI=1S/C15H16N2O3/c1-11(18)16-6-8-17-7-2-3-13(17)12-4-5-14-15(9-12)20-10-19-14/h2-5,7,9H,6,8,10H2,1H3,(H,16,18). The van der Waals surface area contributed by atoms with Gasteiger partial charge in [0.25, 0.3) is 0 Å². The Kier molecular flexibility index (Phi) is 3.33. The Morgan fingerprint density at radius 2 is 2.15 bits per heavy atom. The van der Waals surface area contributed by atoms with Crippen molar-refractivity contribution in [3.05, 3.63) is 36.5 Å². The molecule has 104 valence electrons. The van der Waals surface area contributed by atoms with Gasteiger partial charge >= 0.3 is 0 Å². The smallest absolute Gasteiger partial charge is 0.231 e. The molecule has 20 heavy (non-hydrogen) atoms. The van der Waals surface area contributed by atoms with Gasteiger partial charge in [-0.05, 0) is 30.3 Å². The molecule has 1 aliphatic heterocycles. The lowest BCUT2D eigenvalue weighted by Crippen LogP contribution is -2.24. The largest absolute Gasteiger partial charge is 0.454 e. The molecule has 3 rings (SSSR count). The van der Waals surface area contributed by atoms with Crippen molar-refractivity contribution < 1.29 is 14.3 Å². The summed E-state index contributed by atoms with van der Waals surface area (Å²) in [5, 5.41) is 2.80. The number of fused-ring (bicyclic) bond motifs is 1. The first-order chi connectivity index (χ1) is 9.74. The maximum absolute atomic E-state index is 10.9. The lowest BCUT2D eigenvalue weighted by molar-refractivity contribution is -0.118. The normalized spacial score (nSPS) is 12.4. The Bertz CT molecular complexity index is 634. The molecule has 2 aromatic rings. The molecule has 5 nitrogen and oxygen atoms in total. The SMILES string of the molecule is CC(=O)NCCn1cccc1-c1ccc2c(c1)OCO2. The van der Waals surface area contributed by atoms with E-state index >= 15 is 0 Å². The number of amides is 1.